The van der Waals surface area contributed by atoms with Crippen LogP contribution in [0.1, 0.15) is 28.2 Å². The minimum atomic E-state index is -0.109. The third-order valence-corrected chi connectivity index (χ3v) is 5.36. The van der Waals surface area contributed by atoms with Gasteiger partial charge in [0.2, 0.25) is 0 Å². The molecule has 2 N–H and O–H groups in total. The van der Waals surface area contributed by atoms with Crippen LogP contribution in [0.5, 0.6) is 0 Å². The minimum absolute atomic E-state index is 0.109. The lowest BCUT2D eigenvalue weighted by Gasteiger charge is -2.06. The molecule has 0 atom stereocenters. The predicted molar refractivity (Wildman–Crippen MR) is 107 cm³/mol. The van der Waals surface area contributed by atoms with Crippen LogP contribution in [0.15, 0.2) is 48.2 Å². The van der Waals surface area contributed by atoms with Crippen LogP contribution in [0.3, 0.4) is 0 Å². The number of amides is 1. The summed E-state index contributed by atoms with van der Waals surface area (Å²) in [5.74, 6) is 1.51. The van der Waals surface area contributed by atoms with Gasteiger partial charge >= 0.3 is 0 Å². The summed E-state index contributed by atoms with van der Waals surface area (Å²) in [6.07, 6.45) is 8.45. The Morgan fingerprint density at radius 1 is 1.19 bits per heavy atom. The molecule has 0 unspecified atom stereocenters. The van der Waals surface area contributed by atoms with Crippen molar-refractivity contribution in [2.45, 2.75) is 19.3 Å². The molecule has 1 amide bonds. The molecule has 4 rings (SSSR count). The van der Waals surface area contributed by atoms with Gasteiger partial charge in [-0.25, -0.2) is 9.97 Å². The van der Waals surface area contributed by atoms with Gasteiger partial charge in [0.1, 0.15) is 5.82 Å². The number of carbonyl (C=O) groups is 1. The maximum Gasteiger partial charge on any atom is 0.252 e. The molecule has 0 aliphatic heterocycles. The Hall–Kier alpha value is -2.80. The zero-order chi connectivity index (χ0) is 18.5. The predicted octanol–water partition coefficient (Wildman–Crippen LogP) is 3.39. The lowest BCUT2D eigenvalue weighted by atomic mass is 10.2. The first kappa shape index (κ1) is 17.6. The van der Waals surface area contributed by atoms with Gasteiger partial charge in [-0.05, 0) is 43.0 Å². The summed E-state index contributed by atoms with van der Waals surface area (Å²) < 4.78 is 0. The molecule has 3 heterocycles. The Balaban J connectivity index is 1.25. The Kier molecular flexibility index (Phi) is 5.39. The van der Waals surface area contributed by atoms with Crippen molar-refractivity contribution in [2.75, 3.05) is 18.4 Å². The minimum Gasteiger partial charge on any atom is -0.370 e. The molecule has 138 valence electrons. The number of thiazole rings is 1. The summed E-state index contributed by atoms with van der Waals surface area (Å²) in [6, 6.07) is 7.55. The van der Waals surface area contributed by atoms with Gasteiger partial charge in [-0.1, -0.05) is 0 Å². The van der Waals surface area contributed by atoms with Gasteiger partial charge in [0.25, 0.3) is 5.91 Å². The molecule has 0 bridgehead atoms. The van der Waals surface area contributed by atoms with E-state index in [-0.39, 0.29) is 5.91 Å². The van der Waals surface area contributed by atoms with E-state index in [0.717, 1.165) is 34.5 Å². The number of hydrogen-bond acceptors (Lipinski definition) is 6. The zero-order valence-electron chi connectivity index (χ0n) is 14.9. The number of anilines is 1. The van der Waals surface area contributed by atoms with E-state index in [9.17, 15) is 4.79 Å². The van der Waals surface area contributed by atoms with Crippen LogP contribution >= 0.6 is 11.3 Å². The number of hydrogen-bond donors (Lipinski definition) is 2. The summed E-state index contributed by atoms with van der Waals surface area (Å²) >= 11 is 1.60. The normalized spacial score (nSPS) is 13.3. The zero-order valence-corrected chi connectivity index (χ0v) is 15.7. The highest BCUT2D eigenvalue weighted by atomic mass is 32.1. The smallest absolute Gasteiger partial charge is 0.252 e. The van der Waals surface area contributed by atoms with E-state index >= 15 is 0 Å². The van der Waals surface area contributed by atoms with Crippen LogP contribution in [0.4, 0.5) is 5.82 Å². The molecule has 3 aromatic rings. The third kappa shape index (κ3) is 4.89. The second-order valence-electron chi connectivity index (χ2n) is 6.62. The van der Waals surface area contributed by atoms with E-state index in [2.05, 4.69) is 25.6 Å². The fourth-order valence-corrected chi connectivity index (χ4v) is 3.48. The summed E-state index contributed by atoms with van der Waals surface area (Å²) in [5, 5.41) is 9.26. The Bertz CT molecular complexity index is 890. The van der Waals surface area contributed by atoms with E-state index in [0.29, 0.717) is 18.5 Å². The highest BCUT2D eigenvalue weighted by Gasteiger charge is 2.20. The third-order valence-electron chi connectivity index (χ3n) is 4.45. The first-order valence-electron chi connectivity index (χ1n) is 9.11. The van der Waals surface area contributed by atoms with Gasteiger partial charge in [-0.3, -0.25) is 9.78 Å². The van der Waals surface area contributed by atoms with E-state index in [4.69, 9.17) is 0 Å². The van der Waals surface area contributed by atoms with Crippen molar-refractivity contribution in [1.82, 2.24) is 20.3 Å². The number of aromatic nitrogens is 3. The topological polar surface area (TPSA) is 79.8 Å². The van der Waals surface area contributed by atoms with Crippen LogP contribution in [-0.4, -0.2) is 33.9 Å². The quantitative estimate of drug-likeness (QED) is 0.627. The maximum atomic E-state index is 12.3. The monoisotopic (exact) mass is 379 g/mol. The Morgan fingerprint density at radius 3 is 2.78 bits per heavy atom. The van der Waals surface area contributed by atoms with Crippen LogP contribution in [0.25, 0.3) is 11.3 Å². The lowest BCUT2D eigenvalue weighted by Crippen LogP contribution is -2.25. The number of nitrogens with one attached hydrogen (secondary N) is 2. The van der Waals surface area contributed by atoms with E-state index in [1.165, 1.54) is 12.8 Å². The molecule has 27 heavy (non-hydrogen) atoms. The molecule has 0 saturated heterocycles. The molecule has 1 aliphatic rings. The fourth-order valence-electron chi connectivity index (χ4n) is 2.67. The Labute approximate surface area is 162 Å². The second-order valence-corrected chi connectivity index (χ2v) is 7.57. The van der Waals surface area contributed by atoms with Gasteiger partial charge < -0.3 is 10.6 Å². The van der Waals surface area contributed by atoms with Crippen LogP contribution in [0.2, 0.25) is 0 Å². The van der Waals surface area contributed by atoms with Gasteiger partial charge in [0.05, 0.1) is 16.3 Å². The highest BCUT2D eigenvalue weighted by molar-refractivity contribution is 7.09. The highest BCUT2D eigenvalue weighted by Crippen LogP contribution is 2.28. The van der Waals surface area contributed by atoms with Crippen LogP contribution in [0, 0.1) is 5.92 Å². The summed E-state index contributed by atoms with van der Waals surface area (Å²) in [6.45, 7) is 1.51. The number of pyridine rings is 2. The van der Waals surface area contributed by atoms with Crippen molar-refractivity contribution < 1.29 is 4.79 Å². The molecule has 1 saturated carbocycles. The van der Waals surface area contributed by atoms with Gasteiger partial charge in [0, 0.05) is 49.0 Å². The summed E-state index contributed by atoms with van der Waals surface area (Å²) in [7, 11) is 0. The van der Waals surface area contributed by atoms with Crippen molar-refractivity contribution in [2.24, 2.45) is 5.92 Å². The van der Waals surface area contributed by atoms with Crippen molar-refractivity contribution in [3.05, 3.63) is 58.8 Å². The van der Waals surface area contributed by atoms with Crippen molar-refractivity contribution in [3.63, 3.8) is 0 Å². The van der Waals surface area contributed by atoms with Gasteiger partial charge in [0.15, 0.2) is 0 Å². The van der Waals surface area contributed by atoms with Crippen molar-refractivity contribution in [1.29, 1.82) is 0 Å². The molecular weight excluding hydrogens is 358 g/mol. The molecule has 1 fully saturated rings. The molecule has 6 nitrogen and oxygen atoms in total. The SMILES string of the molecule is O=C(NCCc1nc(-c2ccncc2)cs1)c1ccc(NCC2CC2)nc1. The largest absolute Gasteiger partial charge is 0.370 e. The van der Waals surface area contributed by atoms with E-state index in [1.807, 2.05) is 29.6 Å². The van der Waals surface area contributed by atoms with Gasteiger partial charge in [-0.2, -0.15) is 0 Å². The van der Waals surface area contributed by atoms with E-state index < -0.39 is 0 Å². The van der Waals surface area contributed by atoms with Crippen molar-refractivity contribution >= 4 is 23.1 Å². The number of nitrogens with zero attached hydrogens (tertiary/aromatic N) is 3. The first-order valence-corrected chi connectivity index (χ1v) is 9.99. The number of carbonyl (C=O) groups excluding carboxylic acids is 1. The molecular formula is C20H21N5OS. The molecule has 1 aliphatic carbocycles. The van der Waals surface area contributed by atoms with Crippen LogP contribution in [-0.2, 0) is 6.42 Å². The molecule has 0 aromatic carbocycles. The molecule has 0 radical (unpaired) electrons. The fraction of sp³-hybridized carbons (Fsp3) is 0.300. The summed E-state index contributed by atoms with van der Waals surface area (Å²) in [5.41, 5.74) is 2.57. The summed E-state index contributed by atoms with van der Waals surface area (Å²) in [4.78, 5) is 25.2. The number of rotatable bonds is 8. The van der Waals surface area contributed by atoms with Crippen LogP contribution < -0.4 is 10.6 Å². The molecule has 0 spiro atoms. The van der Waals surface area contributed by atoms with Crippen molar-refractivity contribution in [3.8, 4) is 11.3 Å². The van der Waals surface area contributed by atoms with E-state index in [1.54, 1.807) is 29.9 Å². The average Bonchev–Trinajstić information content (AvgIpc) is 3.43. The van der Waals surface area contributed by atoms with Gasteiger partial charge in [-0.15, -0.1) is 11.3 Å². The average molecular weight is 379 g/mol. The first-order chi connectivity index (χ1) is 13.3. The maximum absolute atomic E-state index is 12.3. The second kappa shape index (κ2) is 8.26. The molecule has 3 aromatic heterocycles. The standard InChI is InChI=1S/C20H21N5OS/c26-20(16-3-4-18(24-12-16)23-11-14-1-2-14)22-10-7-19-25-17(13-27-19)15-5-8-21-9-6-15/h3-6,8-9,12-14H,1-2,7,10-11H2,(H,22,26)(H,23,24). The Morgan fingerprint density at radius 2 is 2.04 bits per heavy atom. The lowest BCUT2D eigenvalue weighted by molar-refractivity contribution is 0.0954. The molecule has 7 heteroatoms.